The van der Waals surface area contributed by atoms with Gasteiger partial charge in [-0.15, -0.1) is 0 Å². The monoisotopic (exact) mass is 754 g/mol. The van der Waals surface area contributed by atoms with Gasteiger partial charge in [0.25, 0.3) is 11.1 Å². The number of aliphatic hydroxyl groups is 1. The molecule has 2 unspecified atom stereocenters. The summed E-state index contributed by atoms with van der Waals surface area (Å²) in [6.45, 7) is -1.87. The second-order valence-corrected chi connectivity index (χ2v) is 14.2. The number of ether oxygens (including phenoxy) is 2. The maximum atomic E-state index is 13.3. The molecule has 7 heterocycles. The minimum atomic E-state index is -5.22. The number of aliphatic hydroxyl groups excluding tert-OH is 1. The quantitative estimate of drug-likeness (QED) is 0.0949. The van der Waals surface area contributed by atoms with Gasteiger partial charge in [0.1, 0.15) is 36.6 Å². The second-order valence-electron chi connectivity index (χ2n) is 10.7. The molecule has 0 spiro atoms. The van der Waals surface area contributed by atoms with Gasteiger partial charge in [0.2, 0.25) is 11.9 Å². The zero-order valence-electron chi connectivity index (χ0n) is 24.1. The number of hydrogen-bond acceptors (Lipinski definition) is 20. The summed E-state index contributed by atoms with van der Waals surface area (Å²) in [5, 5.41) is 11.2. The van der Waals surface area contributed by atoms with Crippen molar-refractivity contribution >= 4 is 58.5 Å². The number of anilines is 2. The number of hydrogen-bond donors (Lipinski definition) is 9. The van der Waals surface area contributed by atoms with Crippen molar-refractivity contribution in [3.8, 4) is 0 Å². The Kier molecular flexibility index (Phi) is 8.71. The first-order valence-corrected chi connectivity index (χ1v) is 17.9. The van der Waals surface area contributed by atoms with E-state index in [2.05, 4.69) is 29.9 Å². The number of phosphoric ester groups is 2. The van der Waals surface area contributed by atoms with Gasteiger partial charge in [-0.25, -0.2) is 19.1 Å². The Morgan fingerprint density at radius 1 is 0.837 bits per heavy atom. The van der Waals surface area contributed by atoms with Crippen molar-refractivity contribution in [2.45, 2.75) is 49.1 Å². The highest BCUT2D eigenvalue weighted by molar-refractivity contribution is 7.47. The molecule has 49 heavy (non-hydrogen) atoms. The largest absolute Gasteiger partial charge is 0.472 e. The van der Waals surface area contributed by atoms with Gasteiger partial charge in [-0.2, -0.15) is 9.97 Å². The lowest BCUT2D eigenvalue weighted by molar-refractivity contribution is -0.0663. The summed E-state index contributed by atoms with van der Waals surface area (Å²) in [4.78, 5) is 85.9. The van der Waals surface area contributed by atoms with Gasteiger partial charge in [-0.3, -0.25) is 46.8 Å². The van der Waals surface area contributed by atoms with Gasteiger partial charge < -0.3 is 50.1 Å². The zero-order valence-corrected chi connectivity index (χ0v) is 26.8. The molecule has 3 aliphatic heterocycles. The van der Waals surface area contributed by atoms with Gasteiger partial charge in [-0.05, 0) is 0 Å². The fourth-order valence-electron chi connectivity index (χ4n) is 5.59. The maximum Gasteiger partial charge on any atom is 0.472 e. The van der Waals surface area contributed by atoms with E-state index in [1.165, 1.54) is 0 Å². The molecule has 7 rings (SSSR count). The molecule has 29 heteroatoms. The zero-order chi connectivity index (χ0) is 35.0. The third-order valence-electron chi connectivity index (χ3n) is 7.57. The molecular formula is C20H25N10O16P3. The molecule has 3 fully saturated rings. The molecule has 0 aliphatic carbocycles. The summed E-state index contributed by atoms with van der Waals surface area (Å²) < 4.78 is 66.4. The fourth-order valence-corrected chi connectivity index (χ4v) is 7.96. The summed E-state index contributed by atoms with van der Waals surface area (Å²) >= 11 is 0. The first-order valence-electron chi connectivity index (χ1n) is 13.7. The fraction of sp³-hybridized carbons (Fsp3) is 0.500. The topological polar surface area (TPSA) is 379 Å². The number of H-pyrrole nitrogens is 2. The van der Waals surface area contributed by atoms with Gasteiger partial charge in [-0.1, -0.05) is 0 Å². The average Bonchev–Trinajstić information content (AvgIpc) is 3.76. The number of nitrogen functional groups attached to an aromatic ring is 2. The van der Waals surface area contributed by atoms with Crippen LogP contribution in [-0.4, -0.2) is 114 Å². The first-order chi connectivity index (χ1) is 23.1. The SMILES string of the molecule is Nc1nc2c(ncn2[C@@H]2O[C@@H]3COP(=O)(O)O[C@@H]4[C@H](O)[C@@H](n5cnc6c(=O)[nH]c(N)nc65)O[C@H]4COP(=O)(O)O[C@H]3[C@H]2OP(O)O)c(=O)[nH]1. The normalized spacial score (nSPS) is 35.7. The van der Waals surface area contributed by atoms with Gasteiger partial charge in [0, 0.05) is 0 Å². The average molecular weight is 754 g/mol. The number of imidazole rings is 2. The molecule has 26 nitrogen and oxygen atoms in total. The van der Waals surface area contributed by atoms with E-state index in [0.717, 1.165) is 21.8 Å². The molecule has 0 bridgehead atoms. The lowest BCUT2D eigenvalue weighted by Crippen LogP contribution is -2.39. The Morgan fingerprint density at radius 3 is 1.84 bits per heavy atom. The Hall–Kier alpha value is -3.29. The van der Waals surface area contributed by atoms with Crippen LogP contribution in [0.15, 0.2) is 22.2 Å². The van der Waals surface area contributed by atoms with Crippen LogP contribution in [0.4, 0.5) is 11.9 Å². The van der Waals surface area contributed by atoms with E-state index in [0.29, 0.717) is 0 Å². The molecular weight excluding hydrogens is 729 g/mol. The Bertz CT molecular complexity index is 2120. The summed E-state index contributed by atoms with van der Waals surface area (Å²) in [6, 6.07) is 0. The van der Waals surface area contributed by atoms with Crippen molar-refractivity contribution in [2.75, 3.05) is 24.7 Å². The van der Waals surface area contributed by atoms with E-state index in [1.54, 1.807) is 0 Å². The van der Waals surface area contributed by atoms with E-state index in [-0.39, 0.29) is 34.2 Å². The van der Waals surface area contributed by atoms with Crippen LogP contribution in [0.25, 0.3) is 22.3 Å². The smallest absolute Gasteiger partial charge is 0.386 e. The molecule has 4 aromatic rings. The molecule has 11 N–H and O–H groups in total. The number of nitrogens with two attached hydrogens (primary N) is 2. The van der Waals surface area contributed by atoms with E-state index in [1.807, 2.05) is 0 Å². The predicted octanol–water partition coefficient (Wildman–Crippen LogP) is -2.81. The number of rotatable bonds is 4. The summed E-state index contributed by atoms with van der Waals surface area (Å²) in [7, 11) is -13.6. The van der Waals surface area contributed by atoms with Gasteiger partial charge >= 0.3 is 24.2 Å². The van der Waals surface area contributed by atoms with Crippen molar-refractivity contribution in [3.05, 3.63) is 33.4 Å². The highest BCUT2D eigenvalue weighted by Gasteiger charge is 2.55. The van der Waals surface area contributed by atoms with Crippen LogP contribution >= 0.6 is 24.2 Å². The van der Waals surface area contributed by atoms with E-state index < -0.39 is 97.7 Å². The Labute approximate surface area is 270 Å². The van der Waals surface area contributed by atoms with Crippen LogP contribution in [-0.2, 0) is 41.2 Å². The summed E-state index contributed by atoms with van der Waals surface area (Å²) in [5.74, 6) is -0.626. The highest BCUT2D eigenvalue weighted by Crippen LogP contribution is 2.54. The molecule has 0 aromatic carbocycles. The molecule has 10 atom stereocenters. The summed E-state index contributed by atoms with van der Waals surface area (Å²) in [5.41, 5.74) is 9.10. The third kappa shape index (κ3) is 6.42. The standard InChI is InChI=1S/C20H25N10O16P3/c21-19-25-13-7(15(32)27-19)23-3-29(13)17-9(31)10-5(42-17)1-40-49(38,39)46-11-6(2-41-48(36,37)45-10)43-18(12(11)44-47(34)35)30-4-24-8-14(30)26-20(22)28-16(8)33/h3-6,9-12,17-18,31,34-35H,1-2H2,(H,36,37)(H,38,39)(H3,21,25,27,32)(H3,22,26,28,33)/t5-,6+,9-,10-,11+,12+,17-,18+/m0/s1. The highest BCUT2D eigenvalue weighted by atomic mass is 31.2. The Balaban J connectivity index is 1.21. The predicted molar refractivity (Wildman–Crippen MR) is 156 cm³/mol. The number of aromatic nitrogens is 8. The third-order valence-corrected chi connectivity index (χ3v) is 9.98. The Morgan fingerprint density at radius 2 is 1.31 bits per heavy atom. The minimum Gasteiger partial charge on any atom is -0.386 e. The number of nitrogens with zero attached hydrogens (tertiary/aromatic N) is 6. The van der Waals surface area contributed by atoms with Gasteiger partial charge in [0.15, 0.2) is 34.8 Å². The number of fused-ring (bicyclic) bond motifs is 4. The number of phosphoric acid groups is 2. The van der Waals surface area contributed by atoms with Gasteiger partial charge in [0.05, 0.1) is 25.9 Å². The van der Waals surface area contributed by atoms with Crippen molar-refractivity contribution in [2.24, 2.45) is 0 Å². The lowest BCUT2D eigenvalue weighted by Gasteiger charge is -2.28. The van der Waals surface area contributed by atoms with Crippen LogP contribution in [0.3, 0.4) is 0 Å². The molecule has 3 aliphatic rings. The van der Waals surface area contributed by atoms with Crippen molar-refractivity contribution in [1.82, 2.24) is 39.0 Å². The van der Waals surface area contributed by atoms with Crippen LogP contribution < -0.4 is 22.6 Å². The minimum absolute atomic E-state index is 0.144. The van der Waals surface area contributed by atoms with E-state index in [9.17, 15) is 43.4 Å². The first kappa shape index (κ1) is 34.2. The molecule has 0 saturated carbocycles. The van der Waals surface area contributed by atoms with Crippen molar-refractivity contribution < 1.29 is 65.9 Å². The van der Waals surface area contributed by atoms with Crippen molar-refractivity contribution in [3.63, 3.8) is 0 Å². The van der Waals surface area contributed by atoms with E-state index in [4.69, 9.17) is 43.6 Å². The molecule has 4 aromatic heterocycles. The second kappa shape index (κ2) is 12.5. The summed E-state index contributed by atoms with van der Waals surface area (Å²) in [6.07, 6.45) is -11.3. The lowest BCUT2D eigenvalue weighted by atomic mass is 10.1. The van der Waals surface area contributed by atoms with Crippen LogP contribution in [0.2, 0.25) is 0 Å². The molecule has 3 saturated heterocycles. The van der Waals surface area contributed by atoms with Crippen molar-refractivity contribution in [1.29, 1.82) is 0 Å². The maximum absolute atomic E-state index is 13.3. The molecule has 0 amide bonds. The number of nitrogens with one attached hydrogen (secondary N) is 2. The van der Waals surface area contributed by atoms with Crippen LogP contribution in [0.5, 0.6) is 0 Å². The number of aromatic amines is 2. The molecule has 0 radical (unpaired) electrons. The van der Waals surface area contributed by atoms with Crippen LogP contribution in [0.1, 0.15) is 12.5 Å². The van der Waals surface area contributed by atoms with Crippen LogP contribution in [0, 0.1) is 0 Å². The molecule has 266 valence electrons. The van der Waals surface area contributed by atoms with E-state index >= 15 is 0 Å².